The molecule has 11 heteroatoms. The Kier molecular flexibility index (Phi) is 6.47. The van der Waals surface area contributed by atoms with Gasteiger partial charge in [0.2, 0.25) is 5.91 Å². The summed E-state index contributed by atoms with van der Waals surface area (Å²) < 4.78 is 21.6. The molecule has 1 unspecified atom stereocenters. The molecule has 10 nitrogen and oxygen atoms in total. The minimum atomic E-state index is -0.510. The van der Waals surface area contributed by atoms with Gasteiger partial charge in [0.1, 0.15) is 18.2 Å². The summed E-state index contributed by atoms with van der Waals surface area (Å²) in [6.45, 7) is 8.58. The molecule has 0 bridgehead atoms. The van der Waals surface area contributed by atoms with Gasteiger partial charge in [-0.05, 0) is 60.0 Å². The largest absolute Gasteiger partial charge is 0.370 e. The van der Waals surface area contributed by atoms with E-state index in [9.17, 15) is 14.4 Å². The van der Waals surface area contributed by atoms with Crippen LogP contribution in [0.25, 0.3) is 5.82 Å². The van der Waals surface area contributed by atoms with Gasteiger partial charge in [0, 0.05) is 31.9 Å². The Labute approximate surface area is 208 Å². The molecule has 0 N–H and O–H groups in total. The molecule has 3 atom stereocenters. The molecule has 36 heavy (non-hydrogen) atoms. The van der Waals surface area contributed by atoms with Gasteiger partial charge in [-0.25, -0.2) is 9.37 Å². The van der Waals surface area contributed by atoms with Gasteiger partial charge in [-0.3, -0.25) is 9.69 Å². The molecule has 2 fully saturated rings. The van der Waals surface area contributed by atoms with Crippen LogP contribution in [0.1, 0.15) is 46.9 Å². The van der Waals surface area contributed by atoms with Crippen molar-refractivity contribution in [3.63, 3.8) is 0 Å². The highest BCUT2D eigenvalue weighted by Crippen LogP contribution is 2.31. The third-order valence-electron chi connectivity index (χ3n) is 7.25. The molecular formula is C25H27FN8O2. The topological polar surface area (TPSA) is 113 Å². The minimum absolute atomic E-state index is 0.0601. The van der Waals surface area contributed by atoms with Gasteiger partial charge in [-0.15, -0.1) is 5.10 Å². The number of pyridine rings is 1. The molecule has 0 radical (unpaired) electrons. The lowest BCUT2D eigenvalue weighted by molar-refractivity contribution is -0.141. The number of nitriles is 1. The molecule has 2 aliphatic rings. The van der Waals surface area contributed by atoms with Gasteiger partial charge in [-0.1, -0.05) is 12.1 Å². The van der Waals surface area contributed by atoms with Gasteiger partial charge in [0.15, 0.2) is 5.82 Å². The number of halogens is 1. The van der Waals surface area contributed by atoms with Crippen molar-refractivity contribution in [2.24, 2.45) is 0 Å². The van der Waals surface area contributed by atoms with Crippen molar-refractivity contribution < 1.29 is 13.9 Å². The summed E-state index contributed by atoms with van der Waals surface area (Å²) in [6.07, 6.45) is 1.24. The second-order valence-electron chi connectivity index (χ2n) is 9.32. The van der Waals surface area contributed by atoms with E-state index >= 15 is 0 Å². The predicted molar refractivity (Wildman–Crippen MR) is 127 cm³/mol. The van der Waals surface area contributed by atoms with Crippen LogP contribution in [-0.2, 0) is 9.53 Å². The van der Waals surface area contributed by atoms with E-state index in [2.05, 4.69) is 25.4 Å². The zero-order valence-corrected chi connectivity index (χ0v) is 20.4. The summed E-state index contributed by atoms with van der Waals surface area (Å²) in [5.74, 6) is -0.189. The predicted octanol–water partition coefficient (Wildman–Crippen LogP) is 2.07. The van der Waals surface area contributed by atoms with E-state index in [0.717, 1.165) is 23.4 Å². The number of tetrazole rings is 1. The second-order valence-corrected chi connectivity index (χ2v) is 9.32. The van der Waals surface area contributed by atoms with Crippen LogP contribution in [0.5, 0.6) is 0 Å². The van der Waals surface area contributed by atoms with Crippen LogP contribution in [0.4, 0.5) is 4.39 Å². The lowest BCUT2D eigenvalue weighted by atomic mass is 9.95. The van der Waals surface area contributed by atoms with Crippen LogP contribution in [0.2, 0.25) is 0 Å². The molecule has 1 aromatic carbocycles. The number of carbonyl (C=O) groups excluding carboxylic acids is 1. The van der Waals surface area contributed by atoms with E-state index in [1.807, 2.05) is 36.9 Å². The molecule has 5 rings (SSSR count). The van der Waals surface area contributed by atoms with Crippen LogP contribution in [-0.4, -0.2) is 79.7 Å². The normalized spacial score (nSPS) is 21.0. The summed E-state index contributed by atoms with van der Waals surface area (Å²) in [5, 5.41) is 20.4. The first-order valence-corrected chi connectivity index (χ1v) is 11.9. The minimum Gasteiger partial charge on any atom is -0.370 e. The summed E-state index contributed by atoms with van der Waals surface area (Å²) >= 11 is 0. The number of fused-ring (bicyclic) bond motifs is 1. The molecule has 2 saturated heterocycles. The highest BCUT2D eigenvalue weighted by molar-refractivity contribution is 5.83. The quantitative estimate of drug-likeness (QED) is 0.546. The van der Waals surface area contributed by atoms with Crippen LogP contribution >= 0.6 is 0 Å². The highest BCUT2D eigenvalue weighted by atomic mass is 19.1. The summed E-state index contributed by atoms with van der Waals surface area (Å²) in [6, 6.07) is 8.80. The number of hydrogen-bond acceptors (Lipinski definition) is 8. The number of ether oxygens (including phenoxy) is 1. The fourth-order valence-electron chi connectivity index (χ4n) is 5.17. The fraction of sp³-hybridized carbons (Fsp3) is 0.440. The Morgan fingerprint density at radius 3 is 2.78 bits per heavy atom. The molecule has 2 aliphatic heterocycles. The molecule has 186 valence electrons. The van der Waals surface area contributed by atoms with Crippen LogP contribution < -0.4 is 0 Å². The zero-order chi connectivity index (χ0) is 25.4. The van der Waals surface area contributed by atoms with Crippen LogP contribution in [0, 0.1) is 31.0 Å². The molecule has 1 amide bonds. The third-order valence-corrected chi connectivity index (χ3v) is 7.25. The molecule has 3 aromatic rings. The number of rotatable bonds is 4. The maximum absolute atomic E-state index is 14.0. The Hall–Kier alpha value is -3.75. The van der Waals surface area contributed by atoms with E-state index in [1.54, 1.807) is 13.0 Å². The molecule has 0 aliphatic carbocycles. The number of nitrogens with zero attached hydrogens (tertiary/aromatic N) is 8. The first kappa shape index (κ1) is 24.0. The van der Waals surface area contributed by atoms with Crippen molar-refractivity contribution in [3.05, 3.63) is 64.4 Å². The average molecular weight is 491 g/mol. The number of piperazine rings is 1. The van der Waals surface area contributed by atoms with Crippen molar-refractivity contribution in [3.8, 4) is 11.9 Å². The smallest absolute Gasteiger partial charge is 0.229 e. The Morgan fingerprint density at radius 2 is 2.06 bits per heavy atom. The summed E-state index contributed by atoms with van der Waals surface area (Å²) in [5.41, 5.74) is 3.17. The van der Waals surface area contributed by atoms with E-state index in [4.69, 9.17) is 4.74 Å². The van der Waals surface area contributed by atoms with E-state index in [1.165, 1.54) is 17.1 Å². The SMILES string of the molecule is Cc1nc(-n2cnnn2)ccc1C(C)C(=O)N1CCN2C[C@@H](c3ccc(F)c(C#N)c3C)OC[C@@H]2C1. The highest BCUT2D eigenvalue weighted by Gasteiger charge is 2.37. The van der Waals surface area contributed by atoms with Crippen molar-refractivity contribution in [1.29, 1.82) is 5.26 Å². The van der Waals surface area contributed by atoms with Gasteiger partial charge >= 0.3 is 0 Å². The molecule has 0 spiro atoms. The number of morpholine rings is 1. The number of amides is 1. The van der Waals surface area contributed by atoms with Gasteiger partial charge in [0.25, 0.3) is 0 Å². The molecule has 2 aromatic heterocycles. The average Bonchev–Trinajstić information content (AvgIpc) is 3.43. The third kappa shape index (κ3) is 4.34. The second kappa shape index (κ2) is 9.72. The molecule has 0 saturated carbocycles. The zero-order valence-electron chi connectivity index (χ0n) is 20.4. The van der Waals surface area contributed by atoms with E-state index in [0.29, 0.717) is 37.6 Å². The first-order valence-electron chi connectivity index (χ1n) is 11.9. The monoisotopic (exact) mass is 490 g/mol. The lowest BCUT2D eigenvalue weighted by Crippen LogP contribution is -2.60. The Bertz CT molecular complexity index is 1320. The summed E-state index contributed by atoms with van der Waals surface area (Å²) in [4.78, 5) is 22.2. The maximum atomic E-state index is 14.0. The number of aryl methyl sites for hydroxylation is 1. The van der Waals surface area contributed by atoms with Gasteiger partial charge in [0.05, 0.1) is 30.2 Å². The van der Waals surface area contributed by atoms with Crippen molar-refractivity contribution >= 4 is 5.91 Å². The maximum Gasteiger partial charge on any atom is 0.229 e. The molecular weight excluding hydrogens is 463 g/mol. The number of carbonyl (C=O) groups is 1. The number of hydrogen-bond donors (Lipinski definition) is 0. The van der Waals surface area contributed by atoms with Crippen LogP contribution in [0.15, 0.2) is 30.6 Å². The Balaban J connectivity index is 1.24. The van der Waals surface area contributed by atoms with E-state index in [-0.39, 0.29) is 29.5 Å². The van der Waals surface area contributed by atoms with Crippen molar-refractivity contribution in [1.82, 2.24) is 35.0 Å². The van der Waals surface area contributed by atoms with Crippen molar-refractivity contribution in [2.75, 3.05) is 32.8 Å². The Morgan fingerprint density at radius 1 is 1.22 bits per heavy atom. The van der Waals surface area contributed by atoms with Crippen LogP contribution in [0.3, 0.4) is 0 Å². The fourth-order valence-corrected chi connectivity index (χ4v) is 5.17. The van der Waals surface area contributed by atoms with E-state index < -0.39 is 5.82 Å². The lowest BCUT2D eigenvalue weighted by Gasteiger charge is -2.46. The number of benzene rings is 1. The summed E-state index contributed by atoms with van der Waals surface area (Å²) in [7, 11) is 0. The standard InChI is InChI=1S/C25H27FN8O2/c1-15-20(4-6-22(26)21(15)10-27)23-12-32-8-9-33(11-18(32)13-36-23)25(35)16(2)19-5-7-24(29-17(19)3)34-14-28-30-31-34/h4-7,14,16,18,23H,8-9,11-13H2,1-3H3/t16?,18-,23-/m0/s1. The first-order chi connectivity index (χ1) is 17.4. The van der Waals surface area contributed by atoms with Gasteiger partial charge in [-0.2, -0.15) is 9.94 Å². The van der Waals surface area contributed by atoms with Gasteiger partial charge < -0.3 is 9.64 Å². The number of aromatic nitrogens is 5. The van der Waals surface area contributed by atoms with Crippen molar-refractivity contribution in [2.45, 2.75) is 38.8 Å². The molecule has 4 heterocycles.